The van der Waals surface area contributed by atoms with Crippen LogP contribution in [0.2, 0.25) is 0 Å². The van der Waals surface area contributed by atoms with Crippen molar-refractivity contribution in [2.75, 3.05) is 42.2 Å². The Labute approximate surface area is 134 Å². The number of nitrogen functional groups attached to an aromatic ring is 1. The molecule has 9 nitrogen and oxygen atoms in total. The average Bonchev–Trinajstić information content (AvgIpc) is 3.06. The summed E-state index contributed by atoms with van der Waals surface area (Å²) in [6, 6.07) is 0. The third-order valence-corrected chi connectivity index (χ3v) is 4.24. The Kier molecular flexibility index (Phi) is 4.75. The molecular formula is C14H22N6O3. The number of nitro groups is 1. The van der Waals surface area contributed by atoms with Gasteiger partial charge in [0, 0.05) is 26.2 Å². The summed E-state index contributed by atoms with van der Waals surface area (Å²) in [5, 5.41) is 14.3. The molecule has 3 heterocycles. The molecule has 0 spiro atoms. The number of aromatic nitrogens is 2. The molecule has 2 fully saturated rings. The molecule has 3 rings (SSSR count). The maximum Gasteiger partial charge on any atom is 0.353 e. The van der Waals surface area contributed by atoms with Crippen molar-refractivity contribution in [2.45, 2.75) is 38.2 Å². The Morgan fingerprint density at radius 2 is 2.09 bits per heavy atom. The molecule has 1 aromatic rings. The minimum absolute atomic E-state index is 0.0595. The summed E-state index contributed by atoms with van der Waals surface area (Å²) in [7, 11) is 0. The summed E-state index contributed by atoms with van der Waals surface area (Å²) < 4.78 is 5.53. The second-order valence-corrected chi connectivity index (χ2v) is 5.93. The van der Waals surface area contributed by atoms with Crippen molar-refractivity contribution in [1.82, 2.24) is 9.97 Å². The van der Waals surface area contributed by atoms with Crippen LogP contribution in [0.4, 0.5) is 23.3 Å². The lowest BCUT2D eigenvalue weighted by atomic mass is 10.1. The third-order valence-electron chi connectivity index (χ3n) is 4.24. The number of hydrogen-bond donors (Lipinski definition) is 2. The Balaban J connectivity index is 1.83. The van der Waals surface area contributed by atoms with Crippen molar-refractivity contribution in [3.63, 3.8) is 0 Å². The molecule has 0 amide bonds. The SMILES string of the molecule is Nc1nc(N2CCCCC2)nc(NCC2CCCO2)c1[N+](=O)[O-]. The quantitative estimate of drug-likeness (QED) is 0.619. The van der Waals surface area contributed by atoms with Crippen LogP contribution in [0.1, 0.15) is 32.1 Å². The van der Waals surface area contributed by atoms with Gasteiger partial charge >= 0.3 is 5.69 Å². The van der Waals surface area contributed by atoms with E-state index in [0.717, 1.165) is 45.4 Å². The summed E-state index contributed by atoms with van der Waals surface area (Å²) in [6.45, 7) is 2.92. The molecular weight excluding hydrogens is 300 g/mol. The molecule has 0 bridgehead atoms. The van der Waals surface area contributed by atoms with E-state index in [4.69, 9.17) is 10.5 Å². The minimum Gasteiger partial charge on any atom is -0.378 e. The molecule has 1 atom stereocenters. The first kappa shape index (κ1) is 15.7. The van der Waals surface area contributed by atoms with Gasteiger partial charge in [-0.3, -0.25) is 10.1 Å². The standard InChI is InChI=1S/C14H22N6O3/c15-12-11(20(21)22)13(16-9-10-5-4-8-23-10)18-14(17-12)19-6-2-1-3-7-19/h10H,1-9H2,(H3,15,16,17,18). The molecule has 2 aliphatic heterocycles. The topological polar surface area (TPSA) is 119 Å². The molecule has 0 aromatic carbocycles. The van der Waals surface area contributed by atoms with Gasteiger partial charge in [0.15, 0.2) is 0 Å². The van der Waals surface area contributed by atoms with Crippen LogP contribution in [0.25, 0.3) is 0 Å². The first-order valence-corrected chi connectivity index (χ1v) is 8.07. The number of nitrogens with two attached hydrogens (primary N) is 1. The van der Waals surface area contributed by atoms with Gasteiger partial charge in [-0.25, -0.2) is 0 Å². The highest BCUT2D eigenvalue weighted by Crippen LogP contribution is 2.31. The van der Waals surface area contributed by atoms with Crippen molar-refractivity contribution >= 4 is 23.3 Å². The molecule has 1 unspecified atom stereocenters. The summed E-state index contributed by atoms with van der Waals surface area (Å²) in [5.74, 6) is 0.543. The highest BCUT2D eigenvalue weighted by molar-refractivity contribution is 5.70. The van der Waals surface area contributed by atoms with E-state index in [1.54, 1.807) is 0 Å². The van der Waals surface area contributed by atoms with Crippen LogP contribution in [-0.2, 0) is 4.74 Å². The Bertz CT molecular complexity index is 570. The molecule has 9 heteroatoms. The minimum atomic E-state index is -0.535. The fraction of sp³-hybridized carbons (Fsp3) is 0.714. The molecule has 0 aliphatic carbocycles. The molecule has 0 radical (unpaired) electrons. The zero-order chi connectivity index (χ0) is 16.2. The number of rotatable bonds is 5. The van der Waals surface area contributed by atoms with E-state index in [0.29, 0.717) is 12.5 Å². The molecule has 2 saturated heterocycles. The lowest BCUT2D eigenvalue weighted by Gasteiger charge is -2.27. The van der Waals surface area contributed by atoms with E-state index < -0.39 is 4.92 Å². The highest BCUT2D eigenvalue weighted by atomic mass is 16.6. The monoisotopic (exact) mass is 322 g/mol. The van der Waals surface area contributed by atoms with Crippen molar-refractivity contribution in [2.24, 2.45) is 0 Å². The second-order valence-electron chi connectivity index (χ2n) is 5.93. The van der Waals surface area contributed by atoms with Crippen molar-refractivity contribution in [3.05, 3.63) is 10.1 Å². The largest absolute Gasteiger partial charge is 0.378 e. The Hall–Kier alpha value is -2.16. The predicted molar refractivity (Wildman–Crippen MR) is 86.6 cm³/mol. The smallest absolute Gasteiger partial charge is 0.353 e. The zero-order valence-corrected chi connectivity index (χ0v) is 13.0. The van der Waals surface area contributed by atoms with Crippen LogP contribution in [0, 0.1) is 10.1 Å². The molecule has 1 aromatic heterocycles. The lowest BCUT2D eigenvalue weighted by Crippen LogP contribution is -2.31. The maximum absolute atomic E-state index is 11.3. The van der Waals surface area contributed by atoms with Crippen molar-refractivity contribution < 1.29 is 9.66 Å². The van der Waals surface area contributed by atoms with E-state index >= 15 is 0 Å². The van der Waals surface area contributed by atoms with Crippen LogP contribution >= 0.6 is 0 Å². The molecule has 3 N–H and O–H groups in total. The number of piperidine rings is 1. The van der Waals surface area contributed by atoms with Crippen LogP contribution in [0.3, 0.4) is 0 Å². The number of anilines is 3. The van der Waals surface area contributed by atoms with Crippen LogP contribution in [0.5, 0.6) is 0 Å². The van der Waals surface area contributed by atoms with Gasteiger partial charge in [0.2, 0.25) is 17.6 Å². The predicted octanol–water partition coefficient (Wildman–Crippen LogP) is 1.55. The number of nitrogens with one attached hydrogen (secondary N) is 1. The van der Waals surface area contributed by atoms with Crippen LogP contribution in [-0.4, -0.2) is 47.2 Å². The average molecular weight is 322 g/mol. The molecule has 23 heavy (non-hydrogen) atoms. The summed E-state index contributed by atoms with van der Waals surface area (Å²) in [6.07, 6.45) is 5.34. The number of ether oxygens (including phenoxy) is 1. The van der Waals surface area contributed by atoms with Gasteiger partial charge in [-0.15, -0.1) is 0 Å². The molecule has 0 saturated carbocycles. The first-order chi connectivity index (χ1) is 11.1. The Morgan fingerprint density at radius 3 is 2.74 bits per heavy atom. The third kappa shape index (κ3) is 3.61. The van der Waals surface area contributed by atoms with Gasteiger partial charge in [0.1, 0.15) is 0 Å². The fourth-order valence-corrected chi connectivity index (χ4v) is 3.01. The van der Waals surface area contributed by atoms with Crippen molar-refractivity contribution in [1.29, 1.82) is 0 Å². The van der Waals surface area contributed by atoms with Gasteiger partial charge in [0.05, 0.1) is 11.0 Å². The Morgan fingerprint density at radius 1 is 1.30 bits per heavy atom. The maximum atomic E-state index is 11.3. The van der Waals surface area contributed by atoms with Gasteiger partial charge in [-0.1, -0.05) is 0 Å². The van der Waals surface area contributed by atoms with Gasteiger partial charge in [-0.2, -0.15) is 9.97 Å². The van der Waals surface area contributed by atoms with Crippen LogP contribution < -0.4 is 16.0 Å². The molecule has 126 valence electrons. The second kappa shape index (κ2) is 6.95. The summed E-state index contributed by atoms with van der Waals surface area (Å²) in [5.41, 5.74) is 5.56. The first-order valence-electron chi connectivity index (χ1n) is 8.07. The van der Waals surface area contributed by atoms with E-state index in [2.05, 4.69) is 15.3 Å². The van der Waals surface area contributed by atoms with Gasteiger partial charge in [0.25, 0.3) is 0 Å². The lowest BCUT2D eigenvalue weighted by molar-refractivity contribution is -0.383. The van der Waals surface area contributed by atoms with E-state index in [9.17, 15) is 10.1 Å². The van der Waals surface area contributed by atoms with E-state index in [1.807, 2.05) is 4.90 Å². The number of hydrogen-bond acceptors (Lipinski definition) is 8. The van der Waals surface area contributed by atoms with Crippen molar-refractivity contribution in [3.8, 4) is 0 Å². The van der Waals surface area contributed by atoms with E-state index in [-0.39, 0.29) is 23.4 Å². The van der Waals surface area contributed by atoms with Gasteiger partial charge < -0.3 is 20.7 Å². The molecule has 2 aliphatic rings. The summed E-state index contributed by atoms with van der Waals surface area (Å²) >= 11 is 0. The van der Waals surface area contributed by atoms with Crippen LogP contribution in [0.15, 0.2) is 0 Å². The summed E-state index contributed by atoms with van der Waals surface area (Å²) in [4.78, 5) is 21.3. The number of nitrogens with zero attached hydrogens (tertiary/aromatic N) is 4. The zero-order valence-electron chi connectivity index (χ0n) is 13.0. The van der Waals surface area contributed by atoms with Gasteiger partial charge in [-0.05, 0) is 32.1 Å². The normalized spacial score (nSPS) is 21.4. The van der Waals surface area contributed by atoms with E-state index in [1.165, 1.54) is 6.42 Å². The highest BCUT2D eigenvalue weighted by Gasteiger charge is 2.26. The fourth-order valence-electron chi connectivity index (χ4n) is 3.01.